The molecule has 1 heterocycles. The van der Waals surface area contributed by atoms with Gasteiger partial charge in [-0.1, -0.05) is 60.7 Å². The Morgan fingerprint density at radius 3 is 2.14 bits per heavy atom. The molecule has 3 rings (SSSR count). The zero-order chi connectivity index (χ0) is 20.6. The number of nitrogens with zero attached hydrogens (tertiary/aromatic N) is 1. The lowest BCUT2D eigenvalue weighted by molar-refractivity contribution is -0.162. The van der Waals surface area contributed by atoms with Gasteiger partial charge in [0.2, 0.25) is 6.10 Å². The largest absolute Gasteiger partial charge is 0.446 e. The lowest BCUT2D eigenvalue weighted by Crippen LogP contribution is -2.47. The summed E-state index contributed by atoms with van der Waals surface area (Å²) in [7, 11) is 0. The monoisotopic (exact) mass is 395 g/mol. The number of carbonyl (C=O) groups is 3. The van der Waals surface area contributed by atoms with Crippen LogP contribution in [0.2, 0.25) is 0 Å². The third-order valence-electron chi connectivity index (χ3n) is 4.86. The fourth-order valence-electron chi connectivity index (χ4n) is 3.41. The lowest BCUT2D eigenvalue weighted by atomic mass is 10.1. The first-order valence-electron chi connectivity index (χ1n) is 9.68. The van der Waals surface area contributed by atoms with E-state index in [1.165, 1.54) is 0 Å². The third kappa shape index (κ3) is 5.57. The van der Waals surface area contributed by atoms with Crippen LogP contribution in [0.25, 0.3) is 0 Å². The van der Waals surface area contributed by atoms with Gasteiger partial charge in [0.15, 0.2) is 0 Å². The normalized spacial score (nSPS) is 15.4. The first-order chi connectivity index (χ1) is 14.0. The molecule has 0 unspecified atom stereocenters. The quantitative estimate of drug-likeness (QED) is 0.702. The van der Waals surface area contributed by atoms with Crippen LogP contribution < -0.4 is 11.1 Å². The highest BCUT2D eigenvalue weighted by Crippen LogP contribution is 2.23. The molecule has 7 heteroatoms. The first kappa shape index (κ1) is 20.4. The van der Waals surface area contributed by atoms with Crippen molar-refractivity contribution in [1.29, 1.82) is 0 Å². The number of amides is 3. The second-order valence-corrected chi connectivity index (χ2v) is 7.01. The van der Waals surface area contributed by atoms with Gasteiger partial charge in [0.1, 0.15) is 6.04 Å². The average Bonchev–Trinajstić information content (AvgIpc) is 3.27. The van der Waals surface area contributed by atoms with Gasteiger partial charge in [0, 0.05) is 25.1 Å². The highest BCUT2D eigenvalue weighted by Gasteiger charge is 2.33. The Kier molecular flexibility index (Phi) is 6.84. The number of nitrogens with two attached hydrogens (primary N) is 1. The van der Waals surface area contributed by atoms with Gasteiger partial charge in [0.25, 0.3) is 5.91 Å². The van der Waals surface area contributed by atoms with Crippen LogP contribution in [0.3, 0.4) is 0 Å². The Morgan fingerprint density at radius 1 is 0.966 bits per heavy atom. The maximum atomic E-state index is 13.0. The van der Waals surface area contributed by atoms with Crippen molar-refractivity contribution in [2.45, 2.75) is 31.4 Å². The number of urea groups is 1. The second kappa shape index (κ2) is 9.73. The SMILES string of the molecule is NC(=O)N[C@@H](Cc1ccccc1)C(=O)O[C@H](C(=O)N1CCCC1)c1ccccc1. The van der Waals surface area contributed by atoms with Gasteiger partial charge in [-0.05, 0) is 18.4 Å². The Hall–Kier alpha value is -3.35. The minimum Gasteiger partial charge on any atom is -0.446 e. The molecule has 152 valence electrons. The molecule has 0 saturated carbocycles. The molecule has 2 aromatic carbocycles. The molecule has 1 aliphatic rings. The van der Waals surface area contributed by atoms with Gasteiger partial charge in [-0.3, -0.25) is 4.79 Å². The van der Waals surface area contributed by atoms with Crippen molar-refractivity contribution in [2.24, 2.45) is 5.73 Å². The fourth-order valence-corrected chi connectivity index (χ4v) is 3.41. The van der Waals surface area contributed by atoms with Gasteiger partial charge in [-0.25, -0.2) is 9.59 Å². The summed E-state index contributed by atoms with van der Waals surface area (Å²) in [5.74, 6) is -0.950. The van der Waals surface area contributed by atoms with Crippen LogP contribution in [0.1, 0.15) is 30.1 Å². The predicted octanol–water partition coefficient (Wildman–Crippen LogP) is 2.17. The molecule has 7 nitrogen and oxygen atoms in total. The predicted molar refractivity (Wildman–Crippen MR) is 108 cm³/mol. The number of hydrogen-bond donors (Lipinski definition) is 2. The number of esters is 1. The van der Waals surface area contributed by atoms with E-state index in [0.717, 1.165) is 18.4 Å². The Balaban J connectivity index is 1.80. The fraction of sp³-hybridized carbons (Fsp3) is 0.318. The van der Waals surface area contributed by atoms with Crippen molar-refractivity contribution in [3.05, 3.63) is 71.8 Å². The van der Waals surface area contributed by atoms with Crippen molar-refractivity contribution in [2.75, 3.05) is 13.1 Å². The van der Waals surface area contributed by atoms with E-state index in [2.05, 4.69) is 5.32 Å². The molecule has 3 N–H and O–H groups in total. The highest BCUT2D eigenvalue weighted by atomic mass is 16.5. The van der Waals surface area contributed by atoms with E-state index in [9.17, 15) is 14.4 Å². The smallest absolute Gasteiger partial charge is 0.330 e. The van der Waals surface area contributed by atoms with Crippen molar-refractivity contribution in [1.82, 2.24) is 10.2 Å². The number of rotatable bonds is 7. The molecule has 0 aromatic heterocycles. The van der Waals surface area contributed by atoms with Crippen LogP contribution in [0.5, 0.6) is 0 Å². The zero-order valence-corrected chi connectivity index (χ0v) is 16.1. The van der Waals surface area contributed by atoms with E-state index in [1.807, 2.05) is 36.4 Å². The van der Waals surface area contributed by atoms with Crippen LogP contribution in [-0.4, -0.2) is 41.9 Å². The Labute approximate surface area is 169 Å². The summed E-state index contributed by atoms with van der Waals surface area (Å²) in [5, 5.41) is 2.43. The van der Waals surface area contributed by atoms with E-state index in [-0.39, 0.29) is 12.3 Å². The maximum absolute atomic E-state index is 13.0. The van der Waals surface area contributed by atoms with Gasteiger partial charge in [0.05, 0.1) is 0 Å². The molecule has 2 atom stereocenters. The maximum Gasteiger partial charge on any atom is 0.330 e. The van der Waals surface area contributed by atoms with Gasteiger partial charge in [-0.2, -0.15) is 0 Å². The van der Waals surface area contributed by atoms with E-state index in [1.54, 1.807) is 29.2 Å². The van der Waals surface area contributed by atoms with Crippen LogP contribution >= 0.6 is 0 Å². The summed E-state index contributed by atoms with van der Waals surface area (Å²) in [6, 6.07) is 16.3. The molecule has 1 aliphatic heterocycles. The number of primary amides is 1. The third-order valence-corrected chi connectivity index (χ3v) is 4.86. The molecule has 3 amide bonds. The number of nitrogens with one attached hydrogen (secondary N) is 1. The van der Waals surface area contributed by atoms with Gasteiger partial charge >= 0.3 is 12.0 Å². The first-order valence-corrected chi connectivity index (χ1v) is 9.68. The second-order valence-electron chi connectivity index (χ2n) is 7.01. The van der Waals surface area contributed by atoms with E-state index in [0.29, 0.717) is 18.7 Å². The number of benzene rings is 2. The van der Waals surface area contributed by atoms with Crippen molar-refractivity contribution in [3.63, 3.8) is 0 Å². The van der Waals surface area contributed by atoms with E-state index in [4.69, 9.17) is 10.5 Å². The number of ether oxygens (including phenoxy) is 1. The topological polar surface area (TPSA) is 102 Å². The molecular formula is C22H25N3O4. The summed E-state index contributed by atoms with van der Waals surface area (Å²) in [6.45, 7) is 1.29. The highest BCUT2D eigenvalue weighted by molar-refractivity contribution is 5.88. The molecule has 2 aromatic rings. The summed E-state index contributed by atoms with van der Waals surface area (Å²) < 4.78 is 5.65. The molecule has 0 aliphatic carbocycles. The van der Waals surface area contributed by atoms with E-state index < -0.39 is 24.1 Å². The molecule has 1 saturated heterocycles. The van der Waals surface area contributed by atoms with Crippen LogP contribution in [0.4, 0.5) is 4.79 Å². The Morgan fingerprint density at radius 2 is 1.55 bits per heavy atom. The number of carbonyl (C=O) groups excluding carboxylic acids is 3. The van der Waals surface area contributed by atoms with E-state index >= 15 is 0 Å². The molecule has 0 bridgehead atoms. The standard InChI is InChI=1S/C22H25N3O4/c23-22(28)24-18(15-16-9-3-1-4-10-16)21(27)29-19(17-11-5-2-6-12-17)20(26)25-13-7-8-14-25/h1-6,9-12,18-19H,7-8,13-15H2,(H3,23,24,28)/t18-,19-/m0/s1. The summed E-state index contributed by atoms with van der Waals surface area (Å²) >= 11 is 0. The molecule has 0 radical (unpaired) electrons. The molecule has 1 fully saturated rings. The van der Waals surface area contributed by atoms with Crippen LogP contribution in [0, 0.1) is 0 Å². The van der Waals surface area contributed by atoms with Crippen molar-refractivity contribution >= 4 is 17.9 Å². The molecule has 29 heavy (non-hydrogen) atoms. The number of hydrogen-bond acceptors (Lipinski definition) is 4. The van der Waals surface area contributed by atoms with Gasteiger partial charge < -0.3 is 20.7 Å². The minimum atomic E-state index is -1.06. The van der Waals surface area contributed by atoms with Crippen molar-refractivity contribution < 1.29 is 19.1 Å². The van der Waals surface area contributed by atoms with Crippen LogP contribution in [-0.2, 0) is 20.7 Å². The Bertz CT molecular complexity index is 836. The van der Waals surface area contributed by atoms with Crippen LogP contribution in [0.15, 0.2) is 60.7 Å². The number of likely N-dealkylation sites (tertiary alicyclic amines) is 1. The molecule has 0 spiro atoms. The van der Waals surface area contributed by atoms with Gasteiger partial charge in [-0.15, -0.1) is 0 Å². The summed E-state index contributed by atoms with van der Waals surface area (Å²) in [4.78, 5) is 39.1. The molecular weight excluding hydrogens is 370 g/mol. The summed E-state index contributed by atoms with van der Waals surface area (Å²) in [6.07, 6.45) is 1.01. The van der Waals surface area contributed by atoms with Crippen molar-refractivity contribution in [3.8, 4) is 0 Å². The summed E-state index contributed by atoms with van der Waals surface area (Å²) in [5.41, 5.74) is 6.68. The minimum absolute atomic E-state index is 0.210. The lowest BCUT2D eigenvalue weighted by Gasteiger charge is -2.25. The average molecular weight is 395 g/mol. The zero-order valence-electron chi connectivity index (χ0n) is 16.1.